The number of rotatable bonds is 2. The first kappa shape index (κ1) is 12.9. The van der Waals surface area contributed by atoms with Gasteiger partial charge in [0.05, 0.1) is 7.11 Å². The highest BCUT2D eigenvalue weighted by atomic mass is 16.5. The average molecular weight is 270 g/mol. The fraction of sp³-hybridized carbons (Fsp3) is 0.294. The Bertz CT molecular complexity index is 604. The number of methoxy groups -OCH3 is 1. The zero-order valence-electron chi connectivity index (χ0n) is 11.7. The lowest BCUT2D eigenvalue weighted by Gasteiger charge is -2.32. The van der Waals surface area contributed by atoms with Gasteiger partial charge in [0.2, 0.25) is 0 Å². The van der Waals surface area contributed by atoms with Crippen LogP contribution in [0.1, 0.15) is 24.2 Å². The quantitative estimate of drug-likeness (QED) is 0.904. The molecule has 1 N–H and O–H groups in total. The Balaban J connectivity index is 1.89. The lowest BCUT2D eigenvalue weighted by atomic mass is 9.88. The van der Waals surface area contributed by atoms with E-state index in [9.17, 15) is 5.11 Å². The molecule has 2 atom stereocenters. The summed E-state index contributed by atoms with van der Waals surface area (Å²) in [4.78, 5) is 0. The number of phenolic OH excluding ortho intramolecular Hbond substituents is 1. The molecule has 0 aliphatic carbocycles. The third kappa shape index (κ3) is 2.31. The molecule has 1 aliphatic rings. The number of hydrogen-bond acceptors (Lipinski definition) is 3. The summed E-state index contributed by atoms with van der Waals surface area (Å²) in [5.41, 5.74) is 2.22. The fourth-order valence-electron chi connectivity index (χ4n) is 2.74. The fourth-order valence-corrected chi connectivity index (χ4v) is 2.74. The van der Waals surface area contributed by atoms with Gasteiger partial charge in [-0.05, 0) is 47.9 Å². The largest absolute Gasteiger partial charge is 0.508 e. The van der Waals surface area contributed by atoms with Crippen LogP contribution < -0.4 is 9.47 Å². The summed E-state index contributed by atoms with van der Waals surface area (Å²) in [7, 11) is 1.66. The molecule has 3 nitrogen and oxygen atoms in total. The Labute approximate surface area is 118 Å². The molecule has 0 fully saturated rings. The van der Waals surface area contributed by atoms with E-state index in [0.717, 1.165) is 29.0 Å². The lowest BCUT2D eigenvalue weighted by molar-refractivity contribution is 0.123. The van der Waals surface area contributed by atoms with E-state index in [1.165, 1.54) is 0 Å². The first-order chi connectivity index (χ1) is 9.67. The molecule has 1 heterocycles. The molecule has 0 unspecified atom stereocenters. The Kier molecular flexibility index (Phi) is 3.26. The van der Waals surface area contributed by atoms with Crippen molar-refractivity contribution in [3.63, 3.8) is 0 Å². The summed E-state index contributed by atoms with van der Waals surface area (Å²) >= 11 is 0. The van der Waals surface area contributed by atoms with Crippen LogP contribution >= 0.6 is 0 Å². The molecule has 0 aromatic heterocycles. The Hall–Kier alpha value is -2.16. The molecule has 3 rings (SSSR count). The lowest BCUT2D eigenvalue weighted by Crippen LogP contribution is -2.23. The first-order valence-electron chi connectivity index (χ1n) is 6.80. The van der Waals surface area contributed by atoms with Crippen LogP contribution in [0.2, 0.25) is 0 Å². The average Bonchev–Trinajstić information content (AvgIpc) is 2.46. The number of ether oxygens (including phenoxy) is 2. The third-order valence-electron chi connectivity index (χ3n) is 3.80. The van der Waals surface area contributed by atoms with E-state index >= 15 is 0 Å². The van der Waals surface area contributed by atoms with Gasteiger partial charge < -0.3 is 14.6 Å². The number of aromatic hydroxyl groups is 1. The molecule has 0 bridgehead atoms. The monoisotopic (exact) mass is 270 g/mol. The van der Waals surface area contributed by atoms with Crippen molar-refractivity contribution in [2.24, 2.45) is 5.92 Å². The van der Waals surface area contributed by atoms with Gasteiger partial charge in [0, 0.05) is 5.92 Å². The van der Waals surface area contributed by atoms with E-state index in [2.05, 4.69) is 6.92 Å². The van der Waals surface area contributed by atoms with Crippen molar-refractivity contribution >= 4 is 0 Å². The van der Waals surface area contributed by atoms with Crippen LogP contribution in [-0.2, 0) is 6.42 Å². The molecule has 104 valence electrons. The minimum atomic E-state index is 0.0398. The number of benzene rings is 2. The van der Waals surface area contributed by atoms with Crippen LogP contribution in [-0.4, -0.2) is 12.2 Å². The van der Waals surface area contributed by atoms with E-state index in [-0.39, 0.29) is 6.10 Å². The van der Waals surface area contributed by atoms with E-state index in [1.54, 1.807) is 19.2 Å². The van der Waals surface area contributed by atoms with Crippen molar-refractivity contribution in [2.45, 2.75) is 19.4 Å². The van der Waals surface area contributed by atoms with E-state index in [1.807, 2.05) is 30.3 Å². The molecular formula is C17H18O3. The molecule has 0 amide bonds. The van der Waals surface area contributed by atoms with Crippen LogP contribution in [0.3, 0.4) is 0 Å². The van der Waals surface area contributed by atoms with Crippen LogP contribution in [0, 0.1) is 5.92 Å². The van der Waals surface area contributed by atoms with Crippen molar-refractivity contribution in [3.8, 4) is 17.2 Å². The normalized spacial score (nSPS) is 20.9. The molecule has 0 saturated carbocycles. The Morgan fingerprint density at radius 1 is 1.15 bits per heavy atom. The van der Waals surface area contributed by atoms with Gasteiger partial charge in [-0.3, -0.25) is 0 Å². The predicted molar refractivity (Wildman–Crippen MR) is 77.3 cm³/mol. The van der Waals surface area contributed by atoms with Crippen molar-refractivity contribution in [2.75, 3.05) is 7.11 Å². The van der Waals surface area contributed by atoms with E-state index in [0.29, 0.717) is 11.7 Å². The summed E-state index contributed by atoms with van der Waals surface area (Å²) < 4.78 is 11.3. The maximum Gasteiger partial charge on any atom is 0.127 e. The molecule has 2 aromatic carbocycles. The van der Waals surface area contributed by atoms with Crippen molar-refractivity contribution in [3.05, 3.63) is 53.6 Å². The highest BCUT2D eigenvalue weighted by Crippen LogP contribution is 2.39. The zero-order chi connectivity index (χ0) is 14.1. The summed E-state index contributed by atoms with van der Waals surface area (Å²) in [6.07, 6.45) is 0.943. The summed E-state index contributed by atoms with van der Waals surface area (Å²) in [6.45, 7) is 2.17. The SMILES string of the molecule is COc1ccc([C@@H]2Oc3ccc(O)cc3C[C@H]2C)cc1. The van der Waals surface area contributed by atoms with Crippen molar-refractivity contribution < 1.29 is 14.6 Å². The van der Waals surface area contributed by atoms with E-state index in [4.69, 9.17) is 9.47 Å². The van der Waals surface area contributed by atoms with Crippen molar-refractivity contribution in [1.82, 2.24) is 0 Å². The molecular weight excluding hydrogens is 252 g/mol. The van der Waals surface area contributed by atoms with Crippen LogP contribution in [0.4, 0.5) is 0 Å². The summed E-state index contributed by atoms with van der Waals surface area (Å²) in [5, 5.41) is 9.55. The molecule has 0 spiro atoms. The zero-order valence-corrected chi connectivity index (χ0v) is 11.7. The van der Waals surface area contributed by atoms with Crippen LogP contribution in [0.15, 0.2) is 42.5 Å². The van der Waals surface area contributed by atoms with Crippen molar-refractivity contribution in [1.29, 1.82) is 0 Å². The second-order valence-corrected chi connectivity index (χ2v) is 5.29. The van der Waals surface area contributed by atoms with Crippen LogP contribution in [0.5, 0.6) is 17.2 Å². The Morgan fingerprint density at radius 3 is 2.60 bits per heavy atom. The maximum atomic E-state index is 9.55. The molecule has 2 aromatic rings. The van der Waals surface area contributed by atoms with Gasteiger partial charge in [-0.2, -0.15) is 0 Å². The molecule has 20 heavy (non-hydrogen) atoms. The molecule has 0 radical (unpaired) electrons. The van der Waals surface area contributed by atoms with Gasteiger partial charge >= 0.3 is 0 Å². The second kappa shape index (κ2) is 5.08. The first-order valence-corrected chi connectivity index (χ1v) is 6.80. The van der Waals surface area contributed by atoms with Gasteiger partial charge in [-0.25, -0.2) is 0 Å². The number of fused-ring (bicyclic) bond motifs is 1. The summed E-state index contributed by atoms with van der Waals surface area (Å²) in [6, 6.07) is 13.3. The molecule has 0 saturated heterocycles. The molecule has 3 heteroatoms. The van der Waals surface area contributed by atoms with Gasteiger partial charge in [-0.15, -0.1) is 0 Å². The second-order valence-electron chi connectivity index (χ2n) is 5.29. The Morgan fingerprint density at radius 2 is 1.90 bits per heavy atom. The van der Waals surface area contributed by atoms with Crippen LogP contribution in [0.25, 0.3) is 0 Å². The smallest absolute Gasteiger partial charge is 0.127 e. The highest BCUT2D eigenvalue weighted by molar-refractivity contribution is 5.42. The number of hydrogen-bond donors (Lipinski definition) is 1. The van der Waals surface area contributed by atoms with Gasteiger partial charge in [0.1, 0.15) is 23.4 Å². The summed E-state index contributed by atoms with van der Waals surface area (Å²) in [5.74, 6) is 2.37. The topological polar surface area (TPSA) is 38.7 Å². The van der Waals surface area contributed by atoms with Gasteiger partial charge in [-0.1, -0.05) is 19.1 Å². The minimum Gasteiger partial charge on any atom is -0.508 e. The highest BCUT2D eigenvalue weighted by Gasteiger charge is 2.28. The van der Waals surface area contributed by atoms with E-state index < -0.39 is 0 Å². The van der Waals surface area contributed by atoms with Gasteiger partial charge in [0.15, 0.2) is 0 Å². The standard InChI is InChI=1S/C17H18O3/c1-11-9-13-10-14(18)5-8-16(13)20-17(11)12-3-6-15(19-2)7-4-12/h3-8,10-11,17-18H,9H2,1-2H3/t11-,17-/m1/s1. The maximum absolute atomic E-state index is 9.55. The minimum absolute atomic E-state index is 0.0398. The molecule has 1 aliphatic heterocycles. The number of phenols is 1. The predicted octanol–water partition coefficient (Wildman–Crippen LogP) is 3.71. The van der Waals surface area contributed by atoms with Gasteiger partial charge in [0.25, 0.3) is 0 Å². The third-order valence-corrected chi connectivity index (χ3v) is 3.80.